The number of carbonyl (C=O) groups excluding carboxylic acids is 3. The number of aliphatic hydroxyl groups is 1. The fraction of sp³-hybridized carbons (Fsp3) is 0.688. The number of halogens is 4. The maximum Gasteiger partial charge on any atom is 0.313 e. The van der Waals surface area contributed by atoms with E-state index < -0.39 is 68.4 Å². The third kappa shape index (κ3) is 29.4. The highest BCUT2D eigenvalue weighted by atomic mass is 32.2. The summed E-state index contributed by atoms with van der Waals surface area (Å²) in [6.07, 6.45) is 3.11. The van der Waals surface area contributed by atoms with Crippen molar-refractivity contribution in [2.45, 2.75) is 63.4 Å². The van der Waals surface area contributed by atoms with Gasteiger partial charge in [-0.2, -0.15) is 17.2 Å². The molecule has 2 rings (SSSR count). The number of ether oxygens (including phenoxy) is 11. The number of nitrogens with one attached hydrogen (secondary N) is 3. The molecule has 25 nitrogen and oxygen atoms in total. The fourth-order valence-corrected chi connectivity index (χ4v) is 7.00. The molecule has 30 heteroatoms. The second-order valence-electron chi connectivity index (χ2n) is 16.2. The average molecular weight is 1150 g/mol. The Kier molecular flexibility index (Phi) is 37.4. The van der Waals surface area contributed by atoms with Crippen LogP contribution >= 0.6 is 0 Å². The van der Waals surface area contributed by atoms with E-state index in [2.05, 4.69) is 20.4 Å². The summed E-state index contributed by atoms with van der Waals surface area (Å²) in [6, 6.07) is 0. The monoisotopic (exact) mass is 1150 g/mol. The first-order valence-electron chi connectivity index (χ1n) is 25.3. The maximum absolute atomic E-state index is 14.0. The molecule has 7 N–H and O–H groups in total. The van der Waals surface area contributed by atoms with Gasteiger partial charge in [0.2, 0.25) is 23.3 Å². The summed E-state index contributed by atoms with van der Waals surface area (Å²) in [5, 5.41) is 25.3. The molecular formula is C48H76F4N6O19S. The molecule has 78 heavy (non-hydrogen) atoms. The number of esters is 1. The van der Waals surface area contributed by atoms with E-state index in [-0.39, 0.29) is 76.5 Å². The number of hydrogen-bond donors (Lipinski definition) is 6. The molecule has 1 aromatic carbocycles. The Hall–Kier alpha value is -4.80. The SMILES string of the molecule is CCCN(OCC)C(=O)C1=CC(NCCCC[C@H](O)C(=O)NCCOCCOCCOCCOCCOCCOCCOCCOCCOCCOCCC(=O)Oc2c(F)c(F)c(S(=O)(=O)O)c(F)c2F)=C(C=N)N=C(N)C1. The van der Waals surface area contributed by atoms with Gasteiger partial charge in [0, 0.05) is 37.8 Å². The van der Waals surface area contributed by atoms with Crippen LogP contribution in [0.5, 0.6) is 5.75 Å². The minimum Gasteiger partial charge on any atom is -0.420 e. The molecule has 0 aliphatic carbocycles. The van der Waals surface area contributed by atoms with Gasteiger partial charge < -0.3 is 79.0 Å². The van der Waals surface area contributed by atoms with Gasteiger partial charge in [0.15, 0.2) is 16.5 Å². The highest BCUT2D eigenvalue weighted by Gasteiger charge is 2.34. The molecule has 0 saturated carbocycles. The van der Waals surface area contributed by atoms with Gasteiger partial charge in [0.1, 0.15) is 17.6 Å². The van der Waals surface area contributed by atoms with Crippen LogP contribution in [0.25, 0.3) is 0 Å². The minimum absolute atomic E-state index is 0.0132. The van der Waals surface area contributed by atoms with Gasteiger partial charge in [-0.3, -0.25) is 23.8 Å². The molecule has 0 radical (unpaired) electrons. The van der Waals surface area contributed by atoms with Crippen LogP contribution in [0.3, 0.4) is 0 Å². The van der Waals surface area contributed by atoms with E-state index in [4.69, 9.17) is 67.9 Å². The zero-order valence-electron chi connectivity index (χ0n) is 44.2. The second kappa shape index (κ2) is 42.1. The van der Waals surface area contributed by atoms with Crippen molar-refractivity contribution in [3.63, 3.8) is 0 Å². The largest absolute Gasteiger partial charge is 0.420 e. The molecule has 0 bridgehead atoms. The summed E-state index contributed by atoms with van der Waals surface area (Å²) >= 11 is 0. The van der Waals surface area contributed by atoms with Gasteiger partial charge in [0.25, 0.3) is 5.91 Å². The molecule has 0 spiro atoms. The van der Waals surface area contributed by atoms with Gasteiger partial charge in [-0.05, 0) is 38.7 Å². The Labute approximate surface area is 451 Å². The topological polar surface area (TPSA) is 326 Å². The van der Waals surface area contributed by atoms with Crippen LogP contribution in [0.2, 0.25) is 0 Å². The van der Waals surface area contributed by atoms with E-state index in [0.717, 1.165) is 6.21 Å². The number of aliphatic hydroxyl groups excluding tert-OH is 1. The standard InChI is InChI=1S/C48H76F4N6O19S/c1-3-11-58(76-4-2)48(62)35-32-36(37(34-53)57-39(54)33-35)55-9-6-5-7-38(59)47(61)56-10-13-67-15-17-69-19-21-71-23-25-73-27-29-75-31-30-74-28-26-72-24-22-70-20-18-68-16-14-66-12-8-40(60)77-45-41(49)43(51)46(78(63,64)65)44(52)42(45)50/h32,34,38,53,55,59H,3-31,33H2,1-2H3,(H2,54,57)(H,56,61)(H,63,64,65)/t38-/m0/s1. The van der Waals surface area contributed by atoms with Gasteiger partial charge in [-0.15, -0.1) is 0 Å². The van der Waals surface area contributed by atoms with Crippen LogP contribution in [0.4, 0.5) is 17.6 Å². The fourth-order valence-electron chi connectivity index (χ4n) is 6.37. The molecule has 0 saturated heterocycles. The number of amidine groups is 1. The maximum atomic E-state index is 14.0. The van der Waals surface area contributed by atoms with E-state index in [9.17, 15) is 45.5 Å². The average Bonchev–Trinajstić information content (AvgIpc) is 3.65. The quantitative estimate of drug-likeness (QED) is 0.00794. The lowest BCUT2D eigenvalue weighted by atomic mass is 10.1. The smallest absolute Gasteiger partial charge is 0.313 e. The molecule has 446 valence electrons. The number of benzene rings is 1. The number of allylic oxidation sites excluding steroid dienone is 2. The van der Waals surface area contributed by atoms with Crippen molar-refractivity contribution in [2.24, 2.45) is 10.7 Å². The highest BCUT2D eigenvalue weighted by Crippen LogP contribution is 2.32. The predicted molar refractivity (Wildman–Crippen MR) is 269 cm³/mol. The van der Waals surface area contributed by atoms with Crippen molar-refractivity contribution in [1.82, 2.24) is 15.7 Å². The molecule has 0 fully saturated rings. The summed E-state index contributed by atoms with van der Waals surface area (Å²) in [5.74, 6) is -13.3. The summed E-state index contributed by atoms with van der Waals surface area (Å²) in [4.78, 5) is 44.8. The molecule has 1 heterocycles. The number of unbranched alkanes of at least 4 members (excludes halogenated alkanes) is 1. The zero-order valence-corrected chi connectivity index (χ0v) is 45.0. The molecule has 1 atom stereocenters. The van der Waals surface area contributed by atoms with Crippen LogP contribution in [-0.4, -0.2) is 217 Å². The lowest BCUT2D eigenvalue weighted by molar-refractivity contribution is -0.180. The lowest BCUT2D eigenvalue weighted by Crippen LogP contribution is -2.36. The minimum atomic E-state index is -5.65. The first-order valence-corrected chi connectivity index (χ1v) is 26.7. The third-order valence-electron chi connectivity index (χ3n) is 10.1. The number of carbonyl (C=O) groups is 3. The van der Waals surface area contributed by atoms with E-state index in [1.165, 1.54) is 5.06 Å². The zero-order chi connectivity index (χ0) is 57.4. The van der Waals surface area contributed by atoms with Gasteiger partial charge >= 0.3 is 16.1 Å². The van der Waals surface area contributed by atoms with Crippen molar-refractivity contribution in [3.05, 3.63) is 46.3 Å². The van der Waals surface area contributed by atoms with Crippen molar-refractivity contribution in [2.75, 3.05) is 158 Å². The molecular weight excluding hydrogens is 1070 g/mol. The molecule has 0 unspecified atom stereocenters. The van der Waals surface area contributed by atoms with Crippen molar-refractivity contribution >= 4 is 40.0 Å². The van der Waals surface area contributed by atoms with Crippen LogP contribution < -0.4 is 21.1 Å². The first kappa shape index (κ1) is 69.3. The van der Waals surface area contributed by atoms with Crippen LogP contribution in [0.15, 0.2) is 32.9 Å². The van der Waals surface area contributed by atoms with E-state index in [1.807, 2.05) is 6.92 Å². The normalized spacial score (nSPS) is 13.2. The molecule has 0 aromatic heterocycles. The van der Waals surface area contributed by atoms with Crippen LogP contribution in [0.1, 0.15) is 52.4 Å². The summed E-state index contributed by atoms with van der Waals surface area (Å²) in [5.41, 5.74) is 7.18. The highest BCUT2D eigenvalue weighted by molar-refractivity contribution is 7.85. The Balaban J connectivity index is 1.31. The van der Waals surface area contributed by atoms with Gasteiger partial charge in [-0.25, -0.2) is 18.8 Å². The molecule has 1 aliphatic heterocycles. The summed E-state index contributed by atoms with van der Waals surface area (Å²) in [6.45, 7) is 10.8. The van der Waals surface area contributed by atoms with E-state index in [0.29, 0.717) is 143 Å². The predicted octanol–water partition coefficient (Wildman–Crippen LogP) is 1.93. The third-order valence-corrected chi connectivity index (χ3v) is 11.0. The lowest BCUT2D eigenvalue weighted by Gasteiger charge is -2.22. The van der Waals surface area contributed by atoms with Crippen LogP contribution in [0, 0.1) is 28.7 Å². The number of hydroxylamine groups is 2. The summed E-state index contributed by atoms with van der Waals surface area (Å²) < 4.78 is 145. The Morgan fingerprint density at radius 3 is 1.59 bits per heavy atom. The van der Waals surface area contributed by atoms with E-state index in [1.54, 1.807) is 13.0 Å². The van der Waals surface area contributed by atoms with Crippen molar-refractivity contribution in [1.29, 1.82) is 5.41 Å². The number of rotatable bonds is 48. The molecule has 1 aromatic rings. The Morgan fingerprint density at radius 2 is 1.17 bits per heavy atom. The molecule has 1 aliphatic rings. The number of amides is 2. The number of nitrogens with zero attached hydrogens (tertiary/aromatic N) is 2. The van der Waals surface area contributed by atoms with Crippen molar-refractivity contribution in [3.8, 4) is 5.75 Å². The summed E-state index contributed by atoms with van der Waals surface area (Å²) in [7, 11) is -5.65. The number of aliphatic imine (C=N–C) groups is 1. The van der Waals surface area contributed by atoms with Crippen molar-refractivity contribution < 1.29 is 107 Å². The van der Waals surface area contributed by atoms with E-state index >= 15 is 0 Å². The number of nitrogens with two attached hydrogens (primary N) is 1. The van der Waals surface area contributed by atoms with Gasteiger partial charge in [-0.1, -0.05) is 6.92 Å². The Bertz CT molecular complexity index is 2110. The van der Waals surface area contributed by atoms with Gasteiger partial charge in [0.05, 0.1) is 151 Å². The molecule has 2 amide bonds. The second-order valence-corrected chi connectivity index (χ2v) is 17.5. The van der Waals surface area contributed by atoms with Crippen LogP contribution in [-0.2, 0) is 76.7 Å². The first-order chi connectivity index (χ1) is 37.6. The number of hydrogen-bond acceptors (Lipinski definition) is 22. The Morgan fingerprint density at radius 1 is 0.718 bits per heavy atom.